The third-order valence-electron chi connectivity index (χ3n) is 6.18. The van der Waals surface area contributed by atoms with E-state index in [0.29, 0.717) is 31.7 Å². The molecule has 1 aromatic carbocycles. The topological polar surface area (TPSA) is 95.5 Å². The molecule has 178 valence electrons. The number of rotatable bonds is 5. The zero-order valence-electron chi connectivity index (χ0n) is 19.4. The Kier molecular flexibility index (Phi) is 7.26. The number of alkyl halides is 1. The van der Waals surface area contributed by atoms with Crippen LogP contribution in [-0.4, -0.2) is 51.6 Å². The Morgan fingerprint density at radius 3 is 2.82 bits per heavy atom. The van der Waals surface area contributed by atoms with Gasteiger partial charge in [-0.05, 0) is 42.2 Å². The standard InChI is InChI=1S/C25H28ClN5O3/c1-3-23-27-13-19-15-30(9-8-21(19)29-23)25(34)7-4-17-10-18-11-20(28-24(33)12-26)5-6-22(18)31(14-17)16(2)32/h4-7,11,13,17H,3,8-10,12,14-15H2,1-2H3,(H,28,33). The number of hydrogen-bond acceptors (Lipinski definition) is 5. The number of hydrogen-bond donors (Lipinski definition) is 1. The van der Waals surface area contributed by atoms with Gasteiger partial charge in [0.2, 0.25) is 17.7 Å². The fourth-order valence-corrected chi connectivity index (χ4v) is 4.50. The summed E-state index contributed by atoms with van der Waals surface area (Å²) in [6.07, 6.45) is 7.49. The molecule has 0 saturated carbocycles. The van der Waals surface area contributed by atoms with Gasteiger partial charge in [0.25, 0.3) is 0 Å². The number of halogens is 1. The van der Waals surface area contributed by atoms with E-state index in [4.69, 9.17) is 11.6 Å². The average Bonchev–Trinajstić information content (AvgIpc) is 2.85. The van der Waals surface area contributed by atoms with E-state index in [-0.39, 0.29) is 29.5 Å². The van der Waals surface area contributed by atoms with E-state index in [9.17, 15) is 14.4 Å². The molecule has 9 heteroatoms. The van der Waals surface area contributed by atoms with Crippen molar-refractivity contribution in [2.24, 2.45) is 5.92 Å². The van der Waals surface area contributed by atoms with Gasteiger partial charge >= 0.3 is 0 Å². The molecule has 1 unspecified atom stereocenters. The molecule has 0 fully saturated rings. The van der Waals surface area contributed by atoms with Crippen LogP contribution in [0.5, 0.6) is 0 Å². The lowest BCUT2D eigenvalue weighted by molar-refractivity contribution is -0.127. The van der Waals surface area contributed by atoms with Crippen molar-refractivity contribution in [2.75, 3.05) is 29.2 Å². The highest BCUT2D eigenvalue weighted by Gasteiger charge is 2.27. The van der Waals surface area contributed by atoms with Gasteiger partial charge in [-0.15, -0.1) is 11.6 Å². The molecule has 0 saturated heterocycles. The second-order valence-electron chi connectivity index (χ2n) is 8.60. The smallest absolute Gasteiger partial charge is 0.246 e. The van der Waals surface area contributed by atoms with Crippen LogP contribution in [0.25, 0.3) is 0 Å². The molecule has 3 amide bonds. The van der Waals surface area contributed by atoms with Crippen molar-refractivity contribution < 1.29 is 14.4 Å². The third kappa shape index (κ3) is 5.28. The molecule has 0 spiro atoms. The van der Waals surface area contributed by atoms with Crippen LogP contribution in [0.2, 0.25) is 0 Å². The van der Waals surface area contributed by atoms with Gasteiger partial charge in [-0.3, -0.25) is 14.4 Å². The normalized spacial score (nSPS) is 17.3. The number of nitrogens with zero attached hydrogens (tertiary/aromatic N) is 4. The third-order valence-corrected chi connectivity index (χ3v) is 6.42. The Labute approximate surface area is 204 Å². The summed E-state index contributed by atoms with van der Waals surface area (Å²) in [5.74, 6) is 0.262. The maximum absolute atomic E-state index is 12.9. The highest BCUT2D eigenvalue weighted by Crippen LogP contribution is 2.33. The van der Waals surface area contributed by atoms with Gasteiger partial charge in [-0.2, -0.15) is 0 Å². The highest BCUT2D eigenvalue weighted by molar-refractivity contribution is 6.29. The number of aryl methyl sites for hydroxylation is 1. The van der Waals surface area contributed by atoms with Gasteiger partial charge in [0.1, 0.15) is 11.7 Å². The summed E-state index contributed by atoms with van der Waals surface area (Å²) in [5, 5.41) is 2.75. The van der Waals surface area contributed by atoms with Crippen LogP contribution < -0.4 is 10.2 Å². The van der Waals surface area contributed by atoms with Crippen molar-refractivity contribution >= 4 is 40.7 Å². The first kappa shape index (κ1) is 23.9. The molecule has 1 N–H and O–H groups in total. The number of carbonyl (C=O) groups excluding carboxylic acids is 3. The molecule has 4 rings (SSSR count). The molecule has 1 aromatic heterocycles. The lowest BCUT2D eigenvalue weighted by atomic mass is 9.91. The molecule has 0 aliphatic carbocycles. The van der Waals surface area contributed by atoms with Crippen molar-refractivity contribution in [1.29, 1.82) is 0 Å². The predicted octanol–water partition coefficient (Wildman–Crippen LogP) is 2.88. The van der Waals surface area contributed by atoms with Crippen molar-refractivity contribution in [3.8, 4) is 0 Å². The molecule has 0 bridgehead atoms. The minimum Gasteiger partial charge on any atom is -0.334 e. The number of carbonyl (C=O) groups is 3. The zero-order chi connectivity index (χ0) is 24.2. The first-order valence-corrected chi connectivity index (χ1v) is 12.0. The van der Waals surface area contributed by atoms with Crippen molar-refractivity contribution in [3.63, 3.8) is 0 Å². The summed E-state index contributed by atoms with van der Waals surface area (Å²) in [6, 6.07) is 5.47. The van der Waals surface area contributed by atoms with Crippen molar-refractivity contribution in [2.45, 2.75) is 39.7 Å². The lowest BCUT2D eigenvalue weighted by Gasteiger charge is -2.33. The summed E-state index contributed by atoms with van der Waals surface area (Å²) >= 11 is 5.59. The van der Waals surface area contributed by atoms with Crippen LogP contribution in [0, 0.1) is 5.92 Å². The molecule has 8 nitrogen and oxygen atoms in total. The van der Waals surface area contributed by atoms with E-state index in [2.05, 4.69) is 15.3 Å². The molecule has 2 aliphatic heterocycles. The Bertz CT molecular complexity index is 1150. The molecular formula is C25H28ClN5O3. The molecule has 34 heavy (non-hydrogen) atoms. The SMILES string of the molecule is CCc1ncc2c(n1)CCN(C(=O)C=CC1Cc3cc(NC(=O)CCl)ccc3N(C(C)=O)C1)C2. The second-order valence-corrected chi connectivity index (χ2v) is 8.87. The largest absolute Gasteiger partial charge is 0.334 e. The number of benzene rings is 1. The maximum Gasteiger partial charge on any atom is 0.246 e. The molecule has 3 heterocycles. The maximum atomic E-state index is 12.9. The summed E-state index contributed by atoms with van der Waals surface area (Å²) in [6.45, 7) is 5.17. The summed E-state index contributed by atoms with van der Waals surface area (Å²) < 4.78 is 0. The van der Waals surface area contributed by atoms with Crippen LogP contribution in [-0.2, 0) is 40.2 Å². The van der Waals surface area contributed by atoms with Crippen LogP contribution in [0.1, 0.15) is 36.5 Å². The fourth-order valence-electron chi connectivity index (χ4n) is 4.43. The predicted molar refractivity (Wildman–Crippen MR) is 131 cm³/mol. The molecule has 1 atom stereocenters. The van der Waals surface area contributed by atoms with Gasteiger partial charge in [-0.25, -0.2) is 9.97 Å². The van der Waals surface area contributed by atoms with Crippen molar-refractivity contribution in [1.82, 2.24) is 14.9 Å². The Hall–Kier alpha value is -3.26. The fraction of sp³-hybridized carbons (Fsp3) is 0.400. The van der Waals surface area contributed by atoms with E-state index in [1.807, 2.05) is 31.3 Å². The van der Waals surface area contributed by atoms with Crippen LogP contribution >= 0.6 is 11.6 Å². The van der Waals surface area contributed by atoms with Gasteiger partial charge in [0.15, 0.2) is 0 Å². The zero-order valence-corrected chi connectivity index (χ0v) is 20.1. The van der Waals surface area contributed by atoms with Crippen LogP contribution in [0.3, 0.4) is 0 Å². The number of anilines is 2. The number of nitrogens with one attached hydrogen (secondary N) is 1. The first-order valence-electron chi connectivity index (χ1n) is 11.5. The minimum absolute atomic E-state index is 0.0214. The average molecular weight is 482 g/mol. The monoisotopic (exact) mass is 481 g/mol. The Balaban J connectivity index is 1.46. The lowest BCUT2D eigenvalue weighted by Crippen LogP contribution is -2.38. The van der Waals surface area contributed by atoms with Crippen LogP contribution in [0.4, 0.5) is 11.4 Å². The molecule has 2 aliphatic rings. The molecule has 2 aromatic rings. The Morgan fingerprint density at radius 2 is 2.09 bits per heavy atom. The van der Waals surface area contributed by atoms with E-state index in [1.165, 1.54) is 6.92 Å². The van der Waals surface area contributed by atoms with Gasteiger partial charge in [-0.1, -0.05) is 13.0 Å². The summed E-state index contributed by atoms with van der Waals surface area (Å²) in [4.78, 5) is 49.3. The molecular weight excluding hydrogens is 454 g/mol. The summed E-state index contributed by atoms with van der Waals surface area (Å²) in [5.41, 5.74) is 4.41. The van der Waals surface area contributed by atoms with Gasteiger partial charge < -0.3 is 15.1 Å². The number of aromatic nitrogens is 2. The minimum atomic E-state index is -0.290. The van der Waals surface area contributed by atoms with E-state index < -0.39 is 0 Å². The van der Waals surface area contributed by atoms with E-state index in [0.717, 1.165) is 41.2 Å². The van der Waals surface area contributed by atoms with Gasteiger partial charge in [0, 0.05) is 62.5 Å². The van der Waals surface area contributed by atoms with Crippen molar-refractivity contribution in [3.05, 3.63) is 59.2 Å². The summed E-state index contributed by atoms with van der Waals surface area (Å²) in [7, 11) is 0. The second kappa shape index (κ2) is 10.3. The number of fused-ring (bicyclic) bond motifs is 2. The molecule has 0 radical (unpaired) electrons. The highest BCUT2D eigenvalue weighted by atomic mass is 35.5. The van der Waals surface area contributed by atoms with Crippen LogP contribution in [0.15, 0.2) is 36.5 Å². The van der Waals surface area contributed by atoms with E-state index >= 15 is 0 Å². The number of amides is 3. The quantitative estimate of drug-likeness (QED) is 0.523. The Morgan fingerprint density at radius 1 is 1.26 bits per heavy atom. The van der Waals surface area contributed by atoms with E-state index in [1.54, 1.807) is 21.9 Å². The first-order chi connectivity index (χ1) is 16.4. The van der Waals surface area contributed by atoms with Gasteiger partial charge in [0.05, 0.1) is 5.69 Å².